The van der Waals surface area contributed by atoms with Crippen molar-refractivity contribution >= 4 is 5.91 Å². The lowest BCUT2D eigenvalue weighted by molar-refractivity contribution is -0.142. The molecule has 96 valence electrons. The van der Waals surface area contributed by atoms with E-state index in [1.54, 1.807) is 0 Å². The van der Waals surface area contributed by atoms with Crippen LogP contribution in [0.2, 0.25) is 0 Å². The Bertz CT molecular complexity index is 285. The van der Waals surface area contributed by atoms with E-state index >= 15 is 0 Å². The van der Waals surface area contributed by atoms with Gasteiger partial charge in [0.25, 0.3) is 5.91 Å². The Morgan fingerprint density at radius 1 is 1.12 bits per heavy atom. The number of ether oxygens (including phenoxy) is 1. The maximum atomic E-state index is 12.2. The van der Waals surface area contributed by atoms with E-state index in [9.17, 15) is 4.79 Å². The van der Waals surface area contributed by atoms with Crippen LogP contribution >= 0.6 is 0 Å². The fraction of sp³-hybridized carbons (Fsp3) is 0.923. The van der Waals surface area contributed by atoms with Crippen LogP contribution in [0.25, 0.3) is 0 Å². The molecular weight excluding hydrogens is 216 g/mol. The standard InChI is InChI=1S/C13H22N2O2/c16-13(12-4-2-8-17-12)15-7-1-3-11(9-15)14-10-5-6-10/h10-12,14H,1-9H2/t11-,12+/m1/s1. The molecule has 3 aliphatic rings. The van der Waals surface area contributed by atoms with Crippen LogP contribution < -0.4 is 5.32 Å². The summed E-state index contributed by atoms with van der Waals surface area (Å²) >= 11 is 0. The quantitative estimate of drug-likeness (QED) is 0.794. The molecule has 0 unspecified atom stereocenters. The number of nitrogens with zero attached hydrogens (tertiary/aromatic N) is 1. The van der Waals surface area contributed by atoms with Crippen molar-refractivity contribution in [3.8, 4) is 0 Å². The summed E-state index contributed by atoms with van der Waals surface area (Å²) in [6.07, 6.45) is 6.78. The van der Waals surface area contributed by atoms with Crippen LogP contribution in [0.15, 0.2) is 0 Å². The Morgan fingerprint density at radius 2 is 2.00 bits per heavy atom. The summed E-state index contributed by atoms with van der Waals surface area (Å²) in [7, 11) is 0. The SMILES string of the molecule is O=C([C@@H]1CCCO1)N1CCC[C@@H](NC2CC2)C1. The molecule has 0 aromatic carbocycles. The number of piperidine rings is 1. The summed E-state index contributed by atoms with van der Waals surface area (Å²) in [6, 6.07) is 1.25. The molecule has 4 nitrogen and oxygen atoms in total. The smallest absolute Gasteiger partial charge is 0.251 e. The zero-order valence-corrected chi connectivity index (χ0v) is 10.4. The summed E-state index contributed by atoms with van der Waals surface area (Å²) in [5.74, 6) is 0.227. The Morgan fingerprint density at radius 3 is 2.71 bits per heavy atom. The molecule has 0 aromatic heterocycles. The predicted octanol–water partition coefficient (Wildman–Crippen LogP) is 0.908. The summed E-state index contributed by atoms with van der Waals surface area (Å²) in [5, 5.41) is 3.63. The first-order valence-electron chi connectivity index (χ1n) is 6.99. The normalized spacial score (nSPS) is 34.0. The van der Waals surface area contributed by atoms with Gasteiger partial charge in [-0.2, -0.15) is 0 Å². The molecule has 1 N–H and O–H groups in total. The molecule has 2 saturated heterocycles. The van der Waals surface area contributed by atoms with Crippen LogP contribution in [0.5, 0.6) is 0 Å². The van der Waals surface area contributed by atoms with E-state index < -0.39 is 0 Å². The number of hydrogen-bond acceptors (Lipinski definition) is 3. The lowest BCUT2D eigenvalue weighted by atomic mass is 10.0. The molecule has 1 amide bonds. The fourth-order valence-corrected chi connectivity index (χ4v) is 2.87. The number of nitrogens with one attached hydrogen (secondary N) is 1. The van der Waals surface area contributed by atoms with Crippen molar-refractivity contribution < 1.29 is 9.53 Å². The lowest BCUT2D eigenvalue weighted by Crippen LogP contribution is -2.51. The topological polar surface area (TPSA) is 41.6 Å². The summed E-state index contributed by atoms with van der Waals surface area (Å²) in [6.45, 7) is 2.56. The van der Waals surface area contributed by atoms with Gasteiger partial charge in [0, 0.05) is 31.8 Å². The van der Waals surface area contributed by atoms with Crippen molar-refractivity contribution in [2.24, 2.45) is 0 Å². The molecule has 4 heteroatoms. The van der Waals surface area contributed by atoms with Gasteiger partial charge in [-0.3, -0.25) is 4.79 Å². The van der Waals surface area contributed by atoms with Crippen molar-refractivity contribution in [1.82, 2.24) is 10.2 Å². The molecule has 3 rings (SSSR count). The number of hydrogen-bond donors (Lipinski definition) is 1. The second kappa shape index (κ2) is 4.94. The van der Waals surface area contributed by atoms with Gasteiger partial charge in [-0.1, -0.05) is 0 Å². The molecular formula is C13H22N2O2. The van der Waals surface area contributed by atoms with Crippen molar-refractivity contribution in [2.75, 3.05) is 19.7 Å². The molecule has 0 aromatic rings. The molecule has 1 aliphatic carbocycles. The summed E-state index contributed by atoms with van der Waals surface area (Å²) in [4.78, 5) is 14.2. The van der Waals surface area contributed by atoms with Gasteiger partial charge in [-0.25, -0.2) is 0 Å². The molecule has 17 heavy (non-hydrogen) atoms. The van der Waals surface area contributed by atoms with Gasteiger partial charge in [-0.15, -0.1) is 0 Å². The zero-order chi connectivity index (χ0) is 11.7. The largest absolute Gasteiger partial charge is 0.368 e. The highest BCUT2D eigenvalue weighted by atomic mass is 16.5. The Balaban J connectivity index is 1.52. The molecule has 0 spiro atoms. The molecule has 0 bridgehead atoms. The second-order valence-electron chi connectivity index (χ2n) is 5.57. The minimum Gasteiger partial charge on any atom is -0.368 e. The van der Waals surface area contributed by atoms with E-state index in [1.807, 2.05) is 4.90 Å². The third kappa shape index (κ3) is 2.80. The van der Waals surface area contributed by atoms with Crippen molar-refractivity contribution in [1.29, 1.82) is 0 Å². The van der Waals surface area contributed by atoms with Gasteiger partial charge < -0.3 is 15.0 Å². The van der Waals surface area contributed by atoms with Crippen molar-refractivity contribution in [3.05, 3.63) is 0 Å². The van der Waals surface area contributed by atoms with Crippen molar-refractivity contribution in [3.63, 3.8) is 0 Å². The van der Waals surface area contributed by atoms with Crippen LogP contribution in [0.4, 0.5) is 0 Å². The van der Waals surface area contributed by atoms with Gasteiger partial charge >= 0.3 is 0 Å². The minimum absolute atomic E-state index is 0.144. The van der Waals surface area contributed by atoms with Crippen LogP contribution in [0.3, 0.4) is 0 Å². The highest BCUT2D eigenvalue weighted by molar-refractivity contribution is 5.81. The first kappa shape index (κ1) is 11.5. The number of carbonyl (C=O) groups is 1. The Hall–Kier alpha value is -0.610. The average Bonchev–Trinajstić information content (AvgIpc) is 2.99. The molecule has 3 fully saturated rings. The minimum atomic E-state index is -0.144. The van der Waals surface area contributed by atoms with E-state index in [2.05, 4.69) is 5.32 Å². The van der Waals surface area contributed by atoms with Crippen LogP contribution in [0, 0.1) is 0 Å². The third-order valence-electron chi connectivity index (χ3n) is 3.99. The second-order valence-corrected chi connectivity index (χ2v) is 5.57. The zero-order valence-electron chi connectivity index (χ0n) is 10.4. The first-order chi connectivity index (χ1) is 8.33. The average molecular weight is 238 g/mol. The number of carbonyl (C=O) groups excluding carboxylic acids is 1. The van der Waals surface area contributed by atoms with Gasteiger partial charge in [0.15, 0.2) is 0 Å². The maximum absolute atomic E-state index is 12.2. The van der Waals surface area contributed by atoms with E-state index in [0.717, 1.165) is 45.0 Å². The summed E-state index contributed by atoms with van der Waals surface area (Å²) in [5.41, 5.74) is 0. The van der Waals surface area contributed by atoms with E-state index in [0.29, 0.717) is 6.04 Å². The highest BCUT2D eigenvalue weighted by Gasteiger charge is 2.33. The molecule has 0 radical (unpaired) electrons. The molecule has 2 aliphatic heterocycles. The summed E-state index contributed by atoms with van der Waals surface area (Å²) < 4.78 is 5.49. The number of amides is 1. The first-order valence-corrected chi connectivity index (χ1v) is 6.99. The molecule has 2 heterocycles. The Labute approximate surface area is 103 Å². The van der Waals surface area contributed by atoms with Crippen LogP contribution in [-0.2, 0) is 9.53 Å². The lowest BCUT2D eigenvalue weighted by Gasteiger charge is -2.34. The van der Waals surface area contributed by atoms with E-state index in [1.165, 1.54) is 19.3 Å². The third-order valence-corrected chi connectivity index (χ3v) is 3.99. The molecule has 2 atom stereocenters. The van der Waals surface area contributed by atoms with E-state index in [4.69, 9.17) is 4.74 Å². The Kier molecular flexibility index (Phi) is 3.34. The van der Waals surface area contributed by atoms with Gasteiger partial charge in [0.2, 0.25) is 0 Å². The van der Waals surface area contributed by atoms with Gasteiger partial charge in [0.1, 0.15) is 6.10 Å². The number of rotatable bonds is 3. The number of likely N-dealkylation sites (tertiary alicyclic amines) is 1. The predicted molar refractivity (Wildman–Crippen MR) is 64.7 cm³/mol. The van der Waals surface area contributed by atoms with E-state index in [-0.39, 0.29) is 12.0 Å². The van der Waals surface area contributed by atoms with Crippen molar-refractivity contribution in [2.45, 2.75) is 56.7 Å². The maximum Gasteiger partial charge on any atom is 0.251 e. The molecule has 1 saturated carbocycles. The van der Waals surface area contributed by atoms with Gasteiger partial charge in [-0.05, 0) is 38.5 Å². The van der Waals surface area contributed by atoms with Gasteiger partial charge in [0.05, 0.1) is 0 Å². The monoisotopic (exact) mass is 238 g/mol. The van der Waals surface area contributed by atoms with Crippen LogP contribution in [-0.4, -0.2) is 48.7 Å². The van der Waals surface area contributed by atoms with Crippen LogP contribution in [0.1, 0.15) is 38.5 Å². The highest BCUT2D eigenvalue weighted by Crippen LogP contribution is 2.23. The fourth-order valence-electron chi connectivity index (χ4n) is 2.87.